The van der Waals surface area contributed by atoms with Crippen molar-refractivity contribution in [3.8, 4) is 0 Å². The van der Waals surface area contributed by atoms with Gasteiger partial charge < -0.3 is 10.3 Å². The summed E-state index contributed by atoms with van der Waals surface area (Å²) in [5.41, 5.74) is 0.664. The monoisotopic (exact) mass is 209 g/mol. The average Bonchev–Trinajstić information content (AvgIpc) is 2.12. The maximum Gasteiger partial charge on any atom is 0.251 e. The number of nitrogens with zero attached hydrogens (tertiary/aromatic N) is 1. The summed E-state index contributed by atoms with van der Waals surface area (Å²) >= 11 is 0. The molecule has 0 saturated carbocycles. The van der Waals surface area contributed by atoms with E-state index in [0.29, 0.717) is 12.4 Å². The Labute approximate surface area is 90.1 Å². The molecule has 1 rings (SSSR count). The Morgan fingerprint density at radius 1 is 1.47 bits per heavy atom. The minimum atomic E-state index is -0.0881. The molecule has 0 amide bonds. The lowest BCUT2D eigenvalue weighted by atomic mass is 9.92. The van der Waals surface area contributed by atoms with Crippen molar-refractivity contribution in [3.63, 3.8) is 0 Å². The zero-order valence-electron chi connectivity index (χ0n) is 9.85. The van der Waals surface area contributed by atoms with Crippen LogP contribution in [0.25, 0.3) is 0 Å². The second-order valence-electron chi connectivity index (χ2n) is 4.61. The van der Waals surface area contributed by atoms with Gasteiger partial charge in [-0.2, -0.15) is 0 Å². The maximum atomic E-state index is 11.4. The first kappa shape index (κ1) is 11.9. The third-order valence-corrected chi connectivity index (χ3v) is 2.10. The quantitative estimate of drug-likeness (QED) is 0.786. The molecule has 0 atom stereocenters. The average molecular weight is 209 g/mol. The zero-order chi connectivity index (χ0) is 11.5. The largest absolute Gasteiger partial charge is 0.310 e. The number of H-pyrrole nitrogens is 1. The van der Waals surface area contributed by atoms with Crippen molar-refractivity contribution in [2.75, 3.05) is 6.54 Å². The highest BCUT2D eigenvalue weighted by Crippen LogP contribution is 2.17. The molecule has 4 nitrogen and oxygen atoms in total. The fourth-order valence-electron chi connectivity index (χ4n) is 1.22. The lowest BCUT2D eigenvalue weighted by Crippen LogP contribution is -2.24. The van der Waals surface area contributed by atoms with Crippen molar-refractivity contribution in [2.45, 2.75) is 39.7 Å². The van der Waals surface area contributed by atoms with Crippen LogP contribution in [0, 0.1) is 0 Å². The number of hydrogen-bond donors (Lipinski definition) is 2. The van der Waals surface area contributed by atoms with Gasteiger partial charge in [-0.05, 0) is 6.54 Å². The number of aromatic nitrogens is 2. The zero-order valence-corrected chi connectivity index (χ0v) is 9.85. The van der Waals surface area contributed by atoms with Crippen molar-refractivity contribution in [2.24, 2.45) is 0 Å². The summed E-state index contributed by atoms with van der Waals surface area (Å²) in [7, 11) is 0. The minimum Gasteiger partial charge on any atom is -0.310 e. The van der Waals surface area contributed by atoms with E-state index in [-0.39, 0.29) is 11.0 Å². The van der Waals surface area contributed by atoms with Crippen LogP contribution in [0.5, 0.6) is 0 Å². The molecule has 0 bridgehead atoms. The molecule has 84 valence electrons. The van der Waals surface area contributed by atoms with Crippen molar-refractivity contribution in [1.82, 2.24) is 15.3 Å². The number of aromatic amines is 1. The van der Waals surface area contributed by atoms with Crippen molar-refractivity contribution >= 4 is 0 Å². The lowest BCUT2D eigenvalue weighted by molar-refractivity contribution is 0.555. The molecule has 0 saturated heterocycles. The van der Waals surface area contributed by atoms with E-state index >= 15 is 0 Å². The van der Waals surface area contributed by atoms with Crippen LogP contribution in [0.1, 0.15) is 39.2 Å². The summed E-state index contributed by atoms with van der Waals surface area (Å²) in [4.78, 5) is 18.5. The van der Waals surface area contributed by atoms with Crippen LogP contribution in [0.15, 0.2) is 10.9 Å². The second kappa shape index (κ2) is 4.57. The van der Waals surface area contributed by atoms with Gasteiger partial charge in [0.2, 0.25) is 0 Å². The maximum absolute atomic E-state index is 11.4. The first-order chi connectivity index (χ1) is 6.93. The molecule has 0 aromatic carbocycles. The molecule has 0 spiro atoms. The second-order valence-corrected chi connectivity index (χ2v) is 4.61. The molecule has 0 aliphatic carbocycles. The number of rotatable bonds is 3. The summed E-state index contributed by atoms with van der Waals surface area (Å²) in [5.74, 6) is 0.703. The van der Waals surface area contributed by atoms with E-state index < -0.39 is 0 Å². The summed E-state index contributed by atoms with van der Waals surface area (Å²) in [6, 6.07) is 1.56. The van der Waals surface area contributed by atoms with Gasteiger partial charge in [0.05, 0.1) is 12.2 Å². The van der Waals surface area contributed by atoms with Crippen LogP contribution in [-0.2, 0) is 12.0 Å². The minimum absolute atomic E-state index is 0.0807. The van der Waals surface area contributed by atoms with Gasteiger partial charge in [-0.25, -0.2) is 4.98 Å². The predicted octanol–water partition coefficient (Wildman–Crippen LogP) is 1.18. The summed E-state index contributed by atoms with van der Waals surface area (Å²) in [5, 5.41) is 3.14. The molecule has 4 heteroatoms. The topological polar surface area (TPSA) is 57.8 Å². The summed E-state index contributed by atoms with van der Waals surface area (Å²) in [6.45, 7) is 9.63. The molecule has 0 fully saturated rings. The molecule has 1 aromatic rings. The Morgan fingerprint density at radius 2 is 2.13 bits per heavy atom. The molecule has 15 heavy (non-hydrogen) atoms. The highest BCUT2D eigenvalue weighted by atomic mass is 16.1. The van der Waals surface area contributed by atoms with Crippen LogP contribution >= 0.6 is 0 Å². The highest BCUT2D eigenvalue weighted by Gasteiger charge is 2.16. The van der Waals surface area contributed by atoms with E-state index in [1.54, 1.807) is 6.07 Å². The van der Waals surface area contributed by atoms with Crippen LogP contribution in [-0.4, -0.2) is 16.5 Å². The smallest absolute Gasteiger partial charge is 0.251 e. The van der Waals surface area contributed by atoms with Crippen LogP contribution < -0.4 is 10.9 Å². The Bertz CT molecular complexity index is 376. The van der Waals surface area contributed by atoms with Gasteiger partial charge >= 0.3 is 0 Å². The Kier molecular flexibility index (Phi) is 3.63. The first-order valence-electron chi connectivity index (χ1n) is 5.25. The molecule has 0 radical (unpaired) electrons. The van der Waals surface area contributed by atoms with Crippen molar-refractivity contribution in [1.29, 1.82) is 0 Å². The van der Waals surface area contributed by atoms with Crippen LogP contribution in [0.3, 0.4) is 0 Å². The fraction of sp³-hybridized carbons (Fsp3) is 0.636. The molecular weight excluding hydrogens is 190 g/mol. The van der Waals surface area contributed by atoms with Crippen LogP contribution in [0.4, 0.5) is 0 Å². The third-order valence-electron chi connectivity index (χ3n) is 2.10. The molecule has 1 aromatic heterocycles. The van der Waals surface area contributed by atoms with Crippen molar-refractivity contribution < 1.29 is 0 Å². The SMILES string of the molecule is CCNCc1nc(C(C)(C)C)cc(=O)[nH]1. The van der Waals surface area contributed by atoms with E-state index in [4.69, 9.17) is 0 Å². The van der Waals surface area contributed by atoms with E-state index in [1.165, 1.54) is 0 Å². The van der Waals surface area contributed by atoms with Crippen LogP contribution in [0.2, 0.25) is 0 Å². The predicted molar refractivity (Wildman–Crippen MR) is 60.9 cm³/mol. The standard InChI is InChI=1S/C11H19N3O/c1-5-12-7-9-13-8(11(2,3)4)6-10(15)14-9/h6,12H,5,7H2,1-4H3,(H,13,14,15). The molecule has 1 heterocycles. The Morgan fingerprint density at radius 3 is 2.67 bits per heavy atom. The number of hydrogen-bond acceptors (Lipinski definition) is 3. The molecular formula is C11H19N3O. The molecule has 2 N–H and O–H groups in total. The molecule has 0 aliphatic rings. The lowest BCUT2D eigenvalue weighted by Gasteiger charge is -2.17. The van der Waals surface area contributed by atoms with E-state index in [2.05, 4.69) is 15.3 Å². The first-order valence-corrected chi connectivity index (χ1v) is 5.25. The number of nitrogens with one attached hydrogen (secondary N) is 2. The van der Waals surface area contributed by atoms with Gasteiger partial charge in [-0.15, -0.1) is 0 Å². The van der Waals surface area contributed by atoms with E-state index in [9.17, 15) is 4.79 Å². The fourth-order valence-corrected chi connectivity index (χ4v) is 1.22. The van der Waals surface area contributed by atoms with Gasteiger partial charge in [0.15, 0.2) is 0 Å². The van der Waals surface area contributed by atoms with Gasteiger partial charge in [-0.1, -0.05) is 27.7 Å². The Balaban J connectivity index is 3.01. The Hall–Kier alpha value is -1.16. The summed E-state index contributed by atoms with van der Waals surface area (Å²) < 4.78 is 0. The molecule has 0 unspecified atom stereocenters. The van der Waals surface area contributed by atoms with Crippen molar-refractivity contribution in [3.05, 3.63) is 27.9 Å². The van der Waals surface area contributed by atoms with Gasteiger partial charge in [0.1, 0.15) is 5.82 Å². The normalized spacial score (nSPS) is 11.7. The van der Waals surface area contributed by atoms with E-state index in [0.717, 1.165) is 12.2 Å². The summed E-state index contributed by atoms with van der Waals surface area (Å²) in [6.07, 6.45) is 0. The highest BCUT2D eigenvalue weighted by molar-refractivity contribution is 5.12. The van der Waals surface area contributed by atoms with Gasteiger partial charge in [-0.3, -0.25) is 4.79 Å². The third kappa shape index (κ3) is 3.47. The molecule has 0 aliphatic heterocycles. The van der Waals surface area contributed by atoms with Gasteiger partial charge in [0.25, 0.3) is 5.56 Å². The van der Waals surface area contributed by atoms with E-state index in [1.807, 2.05) is 27.7 Å². The van der Waals surface area contributed by atoms with Gasteiger partial charge in [0, 0.05) is 11.5 Å².